The highest BCUT2D eigenvalue weighted by molar-refractivity contribution is 9.10. The van der Waals surface area contributed by atoms with Gasteiger partial charge in [0, 0.05) is 15.6 Å². The Morgan fingerprint density at radius 3 is 2.68 bits per heavy atom. The van der Waals surface area contributed by atoms with Crippen molar-refractivity contribution in [3.63, 3.8) is 0 Å². The van der Waals surface area contributed by atoms with Gasteiger partial charge >= 0.3 is 0 Å². The topological polar surface area (TPSA) is 9.23 Å². The molecule has 0 aliphatic rings. The van der Waals surface area contributed by atoms with Crippen molar-refractivity contribution in [1.82, 2.24) is 0 Å². The fraction of sp³-hybridized carbons (Fsp3) is 0.200. The molecule has 0 saturated carbocycles. The van der Waals surface area contributed by atoms with Crippen LogP contribution in [0.2, 0.25) is 0 Å². The summed E-state index contributed by atoms with van der Waals surface area (Å²) in [7, 11) is 0. The average Bonchev–Trinajstić information content (AvgIpc) is 2.40. The highest BCUT2D eigenvalue weighted by Crippen LogP contribution is 2.24. The fourth-order valence-electron chi connectivity index (χ4n) is 1.76. The van der Waals surface area contributed by atoms with Crippen molar-refractivity contribution in [2.75, 3.05) is 0 Å². The summed E-state index contributed by atoms with van der Waals surface area (Å²) >= 11 is 9.20. The molecule has 0 unspecified atom stereocenters. The van der Waals surface area contributed by atoms with Crippen molar-refractivity contribution in [1.29, 1.82) is 0 Å². The van der Waals surface area contributed by atoms with Gasteiger partial charge in [0.25, 0.3) is 0 Å². The summed E-state index contributed by atoms with van der Waals surface area (Å²) < 4.78 is 20.1. The number of hydrogen-bond donors (Lipinski definition) is 0. The molecule has 100 valence electrons. The molecule has 0 amide bonds. The van der Waals surface area contributed by atoms with Crippen LogP contribution in [0.5, 0.6) is 5.75 Å². The van der Waals surface area contributed by atoms with Crippen LogP contribution in [0.4, 0.5) is 4.39 Å². The van der Waals surface area contributed by atoms with Crippen LogP contribution in [-0.4, -0.2) is 0 Å². The minimum Gasteiger partial charge on any atom is -0.488 e. The largest absolute Gasteiger partial charge is 0.488 e. The van der Waals surface area contributed by atoms with E-state index in [0.29, 0.717) is 17.2 Å². The first-order chi connectivity index (χ1) is 9.10. The molecule has 2 aromatic rings. The van der Waals surface area contributed by atoms with Gasteiger partial charge in [0.05, 0.1) is 5.88 Å². The van der Waals surface area contributed by atoms with E-state index < -0.39 is 0 Å². The molecule has 4 heteroatoms. The lowest BCUT2D eigenvalue weighted by molar-refractivity contribution is 0.297. The van der Waals surface area contributed by atoms with Gasteiger partial charge in [-0.25, -0.2) is 4.39 Å². The molecular formula is C15H13BrClFO. The summed E-state index contributed by atoms with van der Waals surface area (Å²) in [6.07, 6.45) is 0. The van der Waals surface area contributed by atoms with Crippen molar-refractivity contribution in [2.24, 2.45) is 0 Å². The second-order valence-electron chi connectivity index (χ2n) is 4.27. The zero-order chi connectivity index (χ0) is 13.8. The second-order valence-corrected chi connectivity index (χ2v) is 5.45. The lowest BCUT2D eigenvalue weighted by Gasteiger charge is -2.11. The molecule has 0 atom stereocenters. The molecule has 0 bridgehead atoms. The molecule has 0 fully saturated rings. The van der Waals surface area contributed by atoms with Crippen LogP contribution in [0.25, 0.3) is 0 Å². The minimum atomic E-state index is -0.275. The Bertz CT molecular complexity index is 586. The first-order valence-electron chi connectivity index (χ1n) is 5.82. The number of hydrogen-bond acceptors (Lipinski definition) is 1. The van der Waals surface area contributed by atoms with E-state index in [0.717, 1.165) is 15.6 Å². The lowest BCUT2D eigenvalue weighted by atomic mass is 10.1. The predicted molar refractivity (Wildman–Crippen MR) is 79.2 cm³/mol. The molecule has 0 aliphatic carbocycles. The van der Waals surface area contributed by atoms with Gasteiger partial charge in [0.2, 0.25) is 0 Å². The van der Waals surface area contributed by atoms with Crippen molar-refractivity contribution < 1.29 is 9.13 Å². The Labute approximate surface area is 125 Å². The second kappa shape index (κ2) is 6.40. The normalized spacial score (nSPS) is 10.5. The van der Waals surface area contributed by atoms with Crippen LogP contribution in [0.15, 0.2) is 40.9 Å². The summed E-state index contributed by atoms with van der Waals surface area (Å²) in [4.78, 5) is 0. The molecule has 0 radical (unpaired) electrons. The van der Waals surface area contributed by atoms with Crippen molar-refractivity contribution in [3.05, 3.63) is 63.4 Å². The van der Waals surface area contributed by atoms with Crippen molar-refractivity contribution >= 4 is 27.5 Å². The lowest BCUT2D eigenvalue weighted by Crippen LogP contribution is -2.00. The fourth-order valence-corrected chi connectivity index (χ4v) is 2.38. The van der Waals surface area contributed by atoms with Gasteiger partial charge in [-0.15, -0.1) is 11.6 Å². The van der Waals surface area contributed by atoms with E-state index in [1.54, 1.807) is 12.1 Å². The quantitative estimate of drug-likeness (QED) is 0.692. The third kappa shape index (κ3) is 3.71. The Kier molecular flexibility index (Phi) is 4.83. The number of benzene rings is 2. The molecule has 0 spiro atoms. The monoisotopic (exact) mass is 342 g/mol. The number of aryl methyl sites for hydroxylation is 1. The molecule has 19 heavy (non-hydrogen) atoms. The maximum Gasteiger partial charge on any atom is 0.129 e. The molecule has 2 aromatic carbocycles. The minimum absolute atomic E-state index is 0.179. The first-order valence-corrected chi connectivity index (χ1v) is 7.15. The van der Waals surface area contributed by atoms with Gasteiger partial charge in [-0.1, -0.05) is 33.6 Å². The summed E-state index contributed by atoms with van der Waals surface area (Å²) in [5, 5.41) is 0. The Morgan fingerprint density at radius 1 is 1.16 bits per heavy atom. The molecule has 0 aromatic heterocycles. The highest BCUT2D eigenvalue weighted by atomic mass is 79.9. The maximum atomic E-state index is 13.6. The Hall–Kier alpha value is -1.06. The van der Waals surface area contributed by atoms with E-state index in [1.807, 2.05) is 25.1 Å². The van der Waals surface area contributed by atoms with E-state index in [-0.39, 0.29) is 12.4 Å². The number of rotatable bonds is 4. The number of alkyl halides is 1. The van der Waals surface area contributed by atoms with Crippen LogP contribution < -0.4 is 4.74 Å². The Morgan fingerprint density at radius 2 is 1.95 bits per heavy atom. The van der Waals surface area contributed by atoms with Gasteiger partial charge in [0.1, 0.15) is 18.2 Å². The summed E-state index contributed by atoms with van der Waals surface area (Å²) in [6, 6.07) is 10.6. The van der Waals surface area contributed by atoms with E-state index >= 15 is 0 Å². The zero-order valence-electron chi connectivity index (χ0n) is 10.4. The molecule has 0 N–H and O–H groups in total. The predicted octanol–water partition coefficient (Wildman–Crippen LogP) is 5.21. The third-order valence-corrected chi connectivity index (χ3v) is 3.53. The van der Waals surface area contributed by atoms with Gasteiger partial charge in [-0.3, -0.25) is 0 Å². The highest BCUT2D eigenvalue weighted by Gasteiger charge is 2.07. The van der Waals surface area contributed by atoms with Gasteiger partial charge in [0.15, 0.2) is 0 Å². The molecule has 0 saturated heterocycles. The van der Waals surface area contributed by atoms with E-state index in [1.165, 1.54) is 6.07 Å². The first kappa shape index (κ1) is 14.4. The molecular weight excluding hydrogens is 331 g/mol. The van der Waals surface area contributed by atoms with Gasteiger partial charge in [-0.2, -0.15) is 0 Å². The number of halogens is 3. The van der Waals surface area contributed by atoms with Crippen LogP contribution >= 0.6 is 27.5 Å². The van der Waals surface area contributed by atoms with Crippen molar-refractivity contribution in [2.45, 2.75) is 19.4 Å². The summed E-state index contributed by atoms with van der Waals surface area (Å²) in [5.41, 5.74) is 2.55. The third-order valence-electron chi connectivity index (χ3n) is 2.75. The average molecular weight is 344 g/mol. The van der Waals surface area contributed by atoms with Crippen LogP contribution in [0, 0.1) is 12.7 Å². The van der Waals surface area contributed by atoms with Crippen molar-refractivity contribution in [3.8, 4) is 5.75 Å². The smallest absolute Gasteiger partial charge is 0.129 e. The van der Waals surface area contributed by atoms with Gasteiger partial charge in [-0.05, 0) is 31.2 Å². The SMILES string of the molecule is Cc1ccc(OCc2cc(Br)ccc2F)c(CCl)c1. The molecule has 0 heterocycles. The standard InChI is InChI=1S/C15H13BrClFO/c1-10-2-5-15(11(6-10)8-17)19-9-12-7-13(16)3-4-14(12)18/h2-7H,8-9H2,1H3. The van der Waals surface area contributed by atoms with Crippen LogP contribution in [-0.2, 0) is 12.5 Å². The van der Waals surface area contributed by atoms with Gasteiger partial charge < -0.3 is 4.74 Å². The molecule has 1 nitrogen and oxygen atoms in total. The summed E-state index contributed by atoms with van der Waals surface area (Å²) in [5.74, 6) is 0.792. The number of ether oxygens (including phenoxy) is 1. The van der Waals surface area contributed by atoms with Crippen LogP contribution in [0.1, 0.15) is 16.7 Å². The Balaban J connectivity index is 2.16. The molecule has 2 rings (SSSR count). The molecule has 0 aliphatic heterocycles. The van der Waals surface area contributed by atoms with E-state index in [4.69, 9.17) is 16.3 Å². The maximum absolute atomic E-state index is 13.6. The zero-order valence-corrected chi connectivity index (χ0v) is 12.8. The van der Waals surface area contributed by atoms with E-state index in [9.17, 15) is 4.39 Å². The van der Waals surface area contributed by atoms with Crippen LogP contribution in [0.3, 0.4) is 0 Å². The summed E-state index contributed by atoms with van der Waals surface area (Å²) in [6.45, 7) is 2.17. The van der Waals surface area contributed by atoms with E-state index in [2.05, 4.69) is 15.9 Å².